The SMILES string of the molecule is CC1c2cc(Cl)cc(Cl)c2CCN1C(=O)NNC(=O)c1cccnn1. The zero-order chi connectivity index (χ0) is 18.0. The van der Waals surface area contributed by atoms with Gasteiger partial charge in [0.15, 0.2) is 5.69 Å². The van der Waals surface area contributed by atoms with Crippen LogP contribution in [0.3, 0.4) is 0 Å². The molecule has 7 nitrogen and oxygen atoms in total. The van der Waals surface area contributed by atoms with E-state index in [4.69, 9.17) is 23.2 Å². The quantitative estimate of drug-likeness (QED) is 0.745. The van der Waals surface area contributed by atoms with E-state index in [1.54, 1.807) is 17.0 Å². The zero-order valence-electron chi connectivity index (χ0n) is 13.3. The number of hydrogen-bond acceptors (Lipinski definition) is 4. The fraction of sp³-hybridized carbons (Fsp3) is 0.250. The molecule has 0 aliphatic carbocycles. The number of hydrazine groups is 1. The van der Waals surface area contributed by atoms with Gasteiger partial charge in [-0.05, 0) is 48.7 Å². The maximum atomic E-state index is 12.4. The van der Waals surface area contributed by atoms with Crippen LogP contribution in [0.5, 0.6) is 0 Å². The van der Waals surface area contributed by atoms with Crippen molar-refractivity contribution >= 4 is 35.1 Å². The van der Waals surface area contributed by atoms with Crippen LogP contribution in [0.25, 0.3) is 0 Å². The number of hydrogen-bond donors (Lipinski definition) is 2. The maximum absolute atomic E-state index is 12.4. The Bertz CT molecular complexity index is 816. The van der Waals surface area contributed by atoms with Gasteiger partial charge in [0.05, 0.1) is 6.04 Å². The number of nitrogens with one attached hydrogen (secondary N) is 2. The summed E-state index contributed by atoms with van der Waals surface area (Å²) in [5, 5.41) is 8.42. The smallest absolute Gasteiger partial charge is 0.316 e. The van der Waals surface area contributed by atoms with E-state index in [9.17, 15) is 9.59 Å². The fourth-order valence-corrected chi connectivity index (χ4v) is 3.40. The Morgan fingerprint density at radius 1 is 1.28 bits per heavy atom. The molecule has 0 saturated carbocycles. The van der Waals surface area contributed by atoms with Crippen molar-refractivity contribution < 1.29 is 9.59 Å². The first-order valence-corrected chi connectivity index (χ1v) is 8.35. The van der Waals surface area contributed by atoms with Crippen molar-refractivity contribution in [1.82, 2.24) is 25.9 Å². The third-order valence-corrected chi connectivity index (χ3v) is 4.62. The maximum Gasteiger partial charge on any atom is 0.336 e. The molecule has 3 rings (SSSR count). The highest BCUT2D eigenvalue weighted by Crippen LogP contribution is 2.35. The van der Waals surface area contributed by atoms with Crippen molar-refractivity contribution in [3.63, 3.8) is 0 Å². The minimum atomic E-state index is -0.544. The fourth-order valence-electron chi connectivity index (χ4n) is 2.80. The van der Waals surface area contributed by atoms with Gasteiger partial charge in [0.2, 0.25) is 0 Å². The molecule has 130 valence electrons. The second-order valence-electron chi connectivity index (χ2n) is 5.57. The molecule has 0 radical (unpaired) electrons. The Morgan fingerprint density at radius 3 is 2.80 bits per heavy atom. The summed E-state index contributed by atoms with van der Waals surface area (Å²) in [6.45, 7) is 2.36. The summed E-state index contributed by atoms with van der Waals surface area (Å²) in [6, 6.07) is 5.94. The molecular formula is C16H15Cl2N5O2. The lowest BCUT2D eigenvalue weighted by atomic mass is 9.94. The van der Waals surface area contributed by atoms with Gasteiger partial charge in [-0.1, -0.05) is 23.2 Å². The Kier molecular flexibility index (Phi) is 5.06. The number of carbonyl (C=O) groups is 2. The molecule has 1 unspecified atom stereocenters. The van der Waals surface area contributed by atoms with Crippen LogP contribution in [0, 0.1) is 0 Å². The first-order valence-electron chi connectivity index (χ1n) is 7.60. The standard InChI is InChI=1S/C16H15Cl2N5O2/c1-9-12-7-10(17)8-13(18)11(12)4-6-23(9)16(25)22-21-15(24)14-3-2-5-19-20-14/h2-3,5,7-9H,4,6H2,1H3,(H,21,24)(H,22,25). The summed E-state index contributed by atoms with van der Waals surface area (Å²) >= 11 is 12.3. The van der Waals surface area contributed by atoms with Gasteiger partial charge < -0.3 is 4.90 Å². The molecule has 0 spiro atoms. The average Bonchev–Trinajstić information content (AvgIpc) is 2.61. The van der Waals surface area contributed by atoms with Gasteiger partial charge in [-0.2, -0.15) is 5.10 Å². The van der Waals surface area contributed by atoms with E-state index < -0.39 is 11.9 Å². The number of urea groups is 1. The minimum Gasteiger partial charge on any atom is -0.316 e. The molecule has 2 aromatic rings. The number of rotatable bonds is 1. The van der Waals surface area contributed by atoms with Gasteiger partial charge in [0.1, 0.15) is 0 Å². The van der Waals surface area contributed by atoms with E-state index in [-0.39, 0.29) is 11.7 Å². The van der Waals surface area contributed by atoms with E-state index in [1.165, 1.54) is 12.3 Å². The number of fused-ring (bicyclic) bond motifs is 1. The number of carbonyl (C=O) groups excluding carboxylic acids is 2. The monoisotopic (exact) mass is 379 g/mol. The topological polar surface area (TPSA) is 87.2 Å². The molecule has 2 heterocycles. The molecule has 1 atom stereocenters. The van der Waals surface area contributed by atoms with Crippen LogP contribution in [0.4, 0.5) is 4.79 Å². The lowest BCUT2D eigenvalue weighted by Crippen LogP contribution is -2.51. The van der Waals surface area contributed by atoms with Gasteiger partial charge in [-0.15, -0.1) is 5.10 Å². The first kappa shape index (κ1) is 17.4. The molecule has 1 aliphatic heterocycles. The minimum absolute atomic E-state index is 0.110. The number of nitrogens with zero attached hydrogens (tertiary/aromatic N) is 3. The lowest BCUT2D eigenvalue weighted by Gasteiger charge is -2.35. The van der Waals surface area contributed by atoms with Crippen LogP contribution in [0.2, 0.25) is 10.0 Å². The van der Waals surface area contributed by atoms with E-state index in [0.29, 0.717) is 23.0 Å². The van der Waals surface area contributed by atoms with Crippen LogP contribution in [-0.2, 0) is 6.42 Å². The summed E-state index contributed by atoms with van der Waals surface area (Å²) in [5.74, 6) is -0.544. The number of halogens is 2. The van der Waals surface area contributed by atoms with Crippen LogP contribution in [0.1, 0.15) is 34.6 Å². The normalized spacial score (nSPS) is 16.1. The largest absolute Gasteiger partial charge is 0.336 e. The Morgan fingerprint density at radius 2 is 2.08 bits per heavy atom. The molecule has 1 aromatic carbocycles. The predicted octanol–water partition coefficient (Wildman–Crippen LogP) is 2.76. The molecule has 1 aliphatic rings. The number of amides is 3. The van der Waals surface area contributed by atoms with Gasteiger partial charge >= 0.3 is 6.03 Å². The van der Waals surface area contributed by atoms with E-state index in [0.717, 1.165) is 11.1 Å². The van der Waals surface area contributed by atoms with E-state index in [1.807, 2.05) is 13.0 Å². The van der Waals surface area contributed by atoms with Gasteiger partial charge in [-0.25, -0.2) is 10.2 Å². The average molecular weight is 380 g/mol. The molecular weight excluding hydrogens is 365 g/mol. The summed E-state index contributed by atoms with van der Waals surface area (Å²) in [5.41, 5.74) is 6.73. The third kappa shape index (κ3) is 3.67. The van der Waals surface area contributed by atoms with Crippen molar-refractivity contribution in [3.05, 3.63) is 57.3 Å². The van der Waals surface area contributed by atoms with Gasteiger partial charge in [0, 0.05) is 22.8 Å². The summed E-state index contributed by atoms with van der Waals surface area (Å²) in [7, 11) is 0. The molecule has 25 heavy (non-hydrogen) atoms. The summed E-state index contributed by atoms with van der Waals surface area (Å²) in [6.07, 6.45) is 2.07. The highest BCUT2D eigenvalue weighted by molar-refractivity contribution is 6.35. The molecule has 0 fully saturated rings. The van der Waals surface area contributed by atoms with Crippen LogP contribution in [0.15, 0.2) is 30.5 Å². The molecule has 1 aromatic heterocycles. The van der Waals surface area contributed by atoms with Crippen molar-refractivity contribution in [2.75, 3.05) is 6.54 Å². The van der Waals surface area contributed by atoms with E-state index in [2.05, 4.69) is 21.0 Å². The summed E-state index contributed by atoms with van der Waals surface area (Å²) < 4.78 is 0. The number of aromatic nitrogens is 2. The first-order chi connectivity index (χ1) is 12.0. The lowest BCUT2D eigenvalue weighted by molar-refractivity contribution is 0.0919. The second kappa shape index (κ2) is 7.25. The van der Waals surface area contributed by atoms with Crippen LogP contribution in [-0.4, -0.2) is 33.6 Å². The van der Waals surface area contributed by atoms with Crippen molar-refractivity contribution in [2.24, 2.45) is 0 Å². The number of benzene rings is 1. The highest BCUT2D eigenvalue weighted by Gasteiger charge is 2.29. The van der Waals surface area contributed by atoms with E-state index >= 15 is 0 Å². The molecule has 0 saturated heterocycles. The summed E-state index contributed by atoms with van der Waals surface area (Å²) in [4.78, 5) is 25.9. The molecule has 2 N–H and O–H groups in total. The third-order valence-electron chi connectivity index (χ3n) is 4.06. The van der Waals surface area contributed by atoms with Crippen LogP contribution < -0.4 is 10.9 Å². The molecule has 3 amide bonds. The van der Waals surface area contributed by atoms with Gasteiger partial charge in [-0.3, -0.25) is 10.2 Å². The van der Waals surface area contributed by atoms with Gasteiger partial charge in [0.25, 0.3) is 5.91 Å². The molecule has 0 bridgehead atoms. The second-order valence-corrected chi connectivity index (χ2v) is 6.41. The molecule has 9 heteroatoms. The van der Waals surface area contributed by atoms with Crippen LogP contribution >= 0.6 is 23.2 Å². The van der Waals surface area contributed by atoms with Crippen molar-refractivity contribution in [1.29, 1.82) is 0 Å². The predicted molar refractivity (Wildman–Crippen MR) is 93.3 cm³/mol. The Balaban J connectivity index is 1.68. The Labute approximate surface area is 154 Å². The highest BCUT2D eigenvalue weighted by atomic mass is 35.5. The van der Waals surface area contributed by atoms with Crippen molar-refractivity contribution in [2.45, 2.75) is 19.4 Å². The van der Waals surface area contributed by atoms with Crippen molar-refractivity contribution in [3.8, 4) is 0 Å². The Hall–Kier alpha value is -2.38. The zero-order valence-corrected chi connectivity index (χ0v) is 14.8.